The van der Waals surface area contributed by atoms with Gasteiger partial charge in [0, 0.05) is 10.6 Å². The van der Waals surface area contributed by atoms with Crippen LogP contribution in [-0.2, 0) is 12.8 Å². The van der Waals surface area contributed by atoms with E-state index in [0.29, 0.717) is 30.4 Å². The number of hydrogen-bond donors (Lipinski definition) is 0. The van der Waals surface area contributed by atoms with Gasteiger partial charge in [0.15, 0.2) is 12.3 Å². The van der Waals surface area contributed by atoms with Crippen molar-refractivity contribution in [3.05, 3.63) is 117 Å². The summed E-state index contributed by atoms with van der Waals surface area (Å²) in [5.41, 5.74) is 0.455. The standard InChI is InChI=1S/C22H24F6.C19H17ClF6/c23-12-6-4-2-1-3-5-7-15-8-10-16(11-9-15)17-13-18(24)20(19(25)14-17)21(26)22(27)28;20-14-8-11(4-2-1-3-7-21)5-6-13(14)12-9-15(22)17(16(23)10-12)18(24)19(25)26/h8-11,13-14,21-22H,1-7,12H2;5-6,8-10,18-19H,1-4,7H2. The van der Waals surface area contributed by atoms with Crippen LogP contribution in [0.25, 0.3) is 22.3 Å². The summed E-state index contributed by atoms with van der Waals surface area (Å²) in [6, 6.07) is 15.3. The molecule has 13 heteroatoms. The first-order valence-electron chi connectivity index (χ1n) is 17.6. The molecule has 2 unspecified atom stereocenters. The van der Waals surface area contributed by atoms with Crippen molar-refractivity contribution in [2.75, 3.05) is 13.3 Å². The van der Waals surface area contributed by atoms with Crippen molar-refractivity contribution < 1.29 is 52.7 Å². The van der Waals surface area contributed by atoms with Gasteiger partial charge in [-0.1, -0.05) is 80.1 Å². The molecule has 0 aromatic heterocycles. The van der Waals surface area contributed by atoms with Gasteiger partial charge in [0.1, 0.15) is 23.3 Å². The van der Waals surface area contributed by atoms with Gasteiger partial charge in [-0.25, -0.2) is 43.9 Å². The van der Waals surface area contributed by atoms with Crippen LogP contribution in [0.5, 0.6) is 0 Å². The molecule has 4 rings (SSSR count). The van der Waals surface area contributed by atoms with Crippen molar-refractivity contribution >= 4 is 11.6 Å². The summed E-state index contributed by atoms with van der Waals surface area (Å²) in [6.07, 6.45) is -3.80. The van der Waals surface area contributed by atoms with E-state index in [1.54, 1.807) is 30.3 Å². The predicted molar refractivity (Wildman–Crippen MR) is 189 cm³/mol. The highest BCUT2D eigenvalue weighted by atomic mass is 35.5. The van der Waals surface area contributed by atoms with E-state index in [1.165, 1.54) is 0 Å². The van der Waals surface area contributed by atoms with Crippen molar-refractivity contribution in [3.8, 4) is 22.3 Å². The van der Waals surface area contributed by atoms with E-state index in [1.807, 2.05) is 12.1 Å². The van der Waals surface area contributed by atoms with Crippen LogP contribution in [0.3, 0.4) is 0 Å². The lowest BCUT2D eigenvalue weighted by molar-refractivity contribution is 0.0454. The lowest BCUT2D eigenvalue weighted by atomic mass is 9.98. The first kappa shape index (κ1) is 44.7. The molecule has 0 N–H and O–H groups in total. The number of benzene rings is 4. The molecule has 0 fully saturated rings. The Labute approximate surface area is 312 Å². The fourth-order valence-corrected chi connectivity index (χ4v) is 6.13. The maximum absolute atomic E-state index is 14.0. The zero-order valence-corrected chi connectivity index (χ0v) is 30.0. The van der Waals surface area contributed by atoms with E-state index in [4.69, 9.17) is 11.6 Å². The molecule has 0 aliphatic rings. The van der Waals surface area contributed by atoms with Gasteiger partial charge >= 0.3 is 0 Å². The third kappa shape index (κ3) is 13.3. The molecule has 0 spiro atoms. The lowest BCUT2D eigenvalue weighted by Gasteiger charge is -2.13. The monoisotopic (exact) mass is 796 g/mol. The van der Waals surface area contributed by atoms with Crippen molar-refractivity contribution in [1.82, 2.24) is 0 Å². The molecular formula is C41H41ClF12. The first-order valence-corrected chi connectivity index (χ1v) is 18.0. The van der Waals surface area contributed by atoms with Gasteiger partial charge in [-0.15, -0.1) is 0 Å². The second-order valence-corrected chi connectivity index (χ2v) is 13.2. The highest BCUT2D eigenvalue weighted by Crippen LogP contribution is 2.36. The molecule has 0 radical (unpaired) electrons. The topological polar surface area (TPSA) is 0 Å². The lowest BCUT2D eigenvalue weighted by Crippen LogP contribution is -2.08. The minimum absolute atomic E-state index is 0.0270. The predicted octanol–water partition coefficient (Wildman–Crippen LogP) is 15.0. The maximum atomic E-state index is 14.0. The number of aryl methyl sites for hydroxylation is 2. The normalized spacial score (nSPS) is 12.6. The second-order valence-electron chi connectivity index (χ2n) is 12.8. The molecule has 296 valence electrons. The Hall–Kier alpha value is -3.67. The molecule has 54 heavy (non-hydrogen) atoms. The number of hydrogen-bond acceptors (Lipinski definition) is 0. The Kier molecular flexibility index (Phi) is 18.8. The van der Waals surface area contributed by atoms with Gasteiger partial charge in [-0.2, -0.15) is 0 Å². The Bertz CT molecular complexity index is 1680. The van der Waals surface area contributed by atoms with Gasteiger partial charge in [0.2, 0.25) is 0 Å². The van der Waals surface area contributed by atoms with Crippen molar-refractivity contribution in [2.45, 2.75) is 95.8 Å². The van der Waals surface area contributed by atoms with Crippen LogP contribution in [0.4, 0.5) is 52.7 Å². The summed E-state index contributed by atoms with van der Waals surface area (Å²) in [5, 5.41) is 0.227. The smallest absolute Gasteiger partial charge is 0.251 e. The summed E-state index contributed by atoms with van der Waals surface area (Å²) in [5.74, 6) is -5.42. The van der Waals surface area contributed by atoms with Gasteiger partial charge in [-0.3, -0.25) is 8.78 Å². The average molecular weight is 797 g/mol. The fraction of sp³-hybridized carbons (Fsp3) is 0.415. The Balaban J connectivity index is 0.000000291. The van der Waals surface area contributed by atoms with Crippen molar-refractivity contribution in [1.29, 1.82) is 0 Å². The zero-order valence-electron chi connectivity index (χ0n) is 29.3. The zero-order chi connectivity index (χ0) is 39.8. The third-order valence-corrected chi connectivity index (χ3v) is 9.04. The third-order valence-electron chi connectivity index (χ3n) is 8.73. The molecule has 0 aliphatic heterocycles. The van der Waals surface area contributed by atoms with Gasteiger partial charge in [0.05, 0.1) is 24.5 Å². The van der Waals surface area contributed by atoms with Gasteiger partial charge < -0.3 is 0 Å². The van der Waals surface area contributed by atoms with Crippen molar-refractivity contribution in [2.24, 2.45) is 0 Å². The molecule has 0 nitrogen and oxygen atoms in total. The highest BCUT2D eigenvalue weighted by Gasteiger charge is 2.30. The molecule has 4 aromatic carbocycles. The van der Waals surface area contributed by atoms with E-state index in [2.05, 4.69) is 0 Å². The quantitative estimate of drug-likeness (QED) is 0.0655. The van der Waals surface area contributed by atoms with E-state index in [-0.39, 0.29) is 29.5 Å². The summed E-state index contributed by atoms with van der Waals surface area (Å²) in [6.45, 7) is -0.623. The maximum Gasteiger partial charge on any atom is 0.273 e. The number of unbranched alkanes of at least 4 members (excludes halogenated alkanes) is 7. The van der Waals surface area contributed by atoms with Crippen LogP contribution < -0.4 is 0 Å². The largest absolute Gasteiger partial charge is 0.273 e. The van der Waals surface area contributed by atoms with E-state index < -0.39 is 59.6 Å². The molecule has 0 saturated heterocycles. The van der Waals surface area contributed by atoms with Crippen LogP contribution in [0.15, 0.2) is 66.7 Å². The van der Waals surface area contributed by atoms with Crippen LogP contribution >= 0.6 is 11.6 Å². The minimum Gasteiger partial charge on any atom is -0.251 e. The average Bonchev–Trinajstić information content (AvgIpc) is 3.12. The number of halogens is 13. The summed E-state index contributed by atoms with van der Waals surface area (Å²) in [4.78, 5) is 0. The number of rotatable bonds is 19. The van der Waals surface area contributed by atoms with E-state index in [9.17, 15) is 52.7 Å². The SMILES string of the molecule is FCCCCCCCCc1ccc(-c2cc(F)c(C(F)C(F)F)c(F)c2)cc1.FCCCCCc1ccc(-c2cc(F)c(C(F)C(F)F)c(F)c2)c(Cl)c1. The summed E-state index contributed by atoms with van der Waals surface area (Å²) in [7, 11) is 0. The van der Waals surface area contributed by atoms with Crippen LogP contribution in [0.1, 0.15) is 92.4 Å². The van der Waals surface area contributed by atoms with Crippen LogP contribution in [0.2, 0.25) is 5.02 Å². The summed E-state index contributed by atoms with van der Waals surface area (Å²) >= 11 is 6.16. The van der Waals surface area contributed by atoms with Gasteiger partial charge in [-0.05, 0) is 96.7 Å². The first-order chi connectivity index (χ1) is 25.8. The van der Waals surface area contributed by atoms with E-state index in [0.717, 1.165) is 86.8 Å². The molecule has 0 aliphatic carbocycles. The summed E-state index contributed by atoms with van der Waals surface area (Å²) < 4.78 is 156. The molecule has 2 atom stereocenters. The molecular weight excluding hydrogens is 756 g/mol. The molecule has 0 saturated carbocycles. The second kappa shape index (κ2) is 22.6. The molecule has 0 bridgehead atoms. The van der Waals surface area contributed by atoms with Crippen LogP contribution in [0, 0.1) is 23.3 Å². The number of alkyl halides is 8. The van der Waals surface area contributed by atoms with Gasteiger partial charge in [0.25, 0.3) is 12.9 Å². The Morgan fingerprint density at radius 1 is 0.426 bits per heavy atom. The molecule has 0 amide bonds. The van der Waals surface area contributed by atoms with E-state index >= 15 is 0 Å². The van der Waals surface area contributed by atoms with Crippen molar-refractivity contribution in [3.63, 3.8) is 0 Å². The Morgan fingerprint density at radius 2 is 0.815 bits per heavy atom. The minimum atomic E-state index is -3.52. The fourth-order valence-electron chi connectivity index (χ4n) is 5.81. The van der Waals surface area contributed by atoms with Crippen LogP contribution in [-0.4, -0.2) is 26.2 Å². The highest BCUT2D eigenvalue weighted by molar-refractivity contribution is 6.33. The Morgan fingerprint density at radius 3 is 1.26 bits per heavy atom. The molecule has 4 aromatic rings. The molecule has 0 heterocycles.